The van der Waals surface area contributed by atoms with E-state index in [1.54, 1.807) is 6.07 Å². The van der Waals surface area contributed by atoms with Crippen molar-refractivity contribution in [3.05, 3.63) is 75.0 Å². The first-order chi connectivity index (χ1) is 16.8. The molecule has 0 aliphatic rings. The lowest BCUT2D eigenvalue weighted by Crippen LogP contribution is -1.99. The summed E-state index contributed by atoms with van der Waals surface area (Å²) in [7, 11) is 1.92. The van der Waals surface area contributed by atoms with E-state index in [4.69, 9.17) is 17.0 Å². The van der Waals surface area contributed by atoms with Gasteiger partial charge in [-0.05, 0) is 29.7 Å². The number of alkyl halides is 2. The topological polar surface area (TPSA) is 57.3 Å². The lowest BCUT2D eigenvalue weighted by atomic mass is 9.98. The van der Waals surface area contributed by atoms with E-state index >= 15 is 0 Å². The molecule has 0 aliphatic heterocycles. The maximum absolute atomic E-state index is 11.7. The van der Waals surface area contributed by atoms with Crippen LogP contribution in [0.5, 0.6) is 5.75 Å². The van der Waals surface area contributed by atoms with Crippen molar-refractivity contribution >= 4 is 49.8 Å². The summed E-state index contributed by atoms with van der Waals surface area (Å²) in [5, 5.41) is 11.7. The molecule has 5 nitrogen and oxygen atoms in total. The normalized spacial score (nSPS) is 10.7. The Kier molecular flexibility index (Phi) is 10.1. The van der Waals surface area contributed by atoms with Gasteiger partial charge < -0.3 is 9.30 Å². The van der Waals surface area contributed by atoms with Crippen LogP contribution in [-0.4, -0.2) is 19.8 Å². The number of benzene rings is 2. The van der Waals surface area contributed by atoms with Crippen molar-refractivity contribution in [3.63, 3.8) is 0 Å². The molecular weight excluding hydrogens is 592 g/mol. The van der Waals surface area contributed by atoms with E-state index in [0.717, 1.165) is 46.4 Å². The van der Waals surface area contributed by atoms with Crippen LogP contribution in [0.3, 0.4) is 0 Å². The second-order valence-electron chi connectivity index (χ2n) is 8.01. The lowest BCUT2D eigenvalue weighted by molar-refractivity contribution is -0.385. The summed E-state index contributed by atoms with van der Waals surface area (Å²) in [5.41, 5.74) is 4.18. The highest BCUT2D eigenvalue weighted by Gasteiger charge is 2.16. The van der Waals surface area contributed by atoms with Gasteiger partial charge in [-0.1, -0.05) is 87.6 Å². The van der Waals surface area contributed by atoms with Crippen LogP contribution in [0.2, 0.25) is 0 Å². The van der Waals surface area contributed by atoms with Gasteiger partial charge >= 0.3 is 0 Å². The van der Waals surface area contributed by atoms with Gasteiger partial charge in [-0.2, -0.15) is 0 Å². The number of aromatic nitrogens is 1. The van der Waals surface area contributed by atoms with Gasteiger partial charge in [-0.25, -0.2) is 0 Å². The largest absolute Gasteiger partial charge is 0.493 e. The number of halogens is 2. The molecule has 0 saturated heterocycles. The Labute approximate surface area is 227 Å². The second-order valence-corrected chi connectivity index (χ2v) is 11.9. The summed E-state index contributed by atoms with van der Waals surface area (Å²) >= 11 is 12.7. The highest BCUT2D eigenvalue weighted by atomic mass is 79.9. The molecule has 1 heterocycles. The fourth-order valence-corrected chi connectivity index (χ4v) is 4.38. The number of ether oxygens (including phenoxy) is 1. The smallest absolute Gasteiger partial charge is 0.273 e. The molecule has 0 fully saturated rings. The summed E-state index contributed by atoms with van der Waals surface area (Å²) < 4.78 is 8.66. The van der Waals surface area contributed by atoms with Crippen LogP contribution in [0.25, 0.3) is 22.3 Å². The minimum Gasteiger partial charge on any atom is -0.493 e. The predicted octanol–water partition coefficient (Wildman–Crippen LogP) is 8.23. The molecule has 1 aromatic heterocycles. The number of rotatable bonds is 9. The van der Waals surface area contributed by atoms with E-state index in [1.807, 2.05) is 67.3 Å². The van der Waals surface area contributed by atoms with Crippen LogP contribution in [0.4, 0.5) is 5.69 Å². The highest BCUT2D eigenvalue weighted by Crippen LogP contribution is 2.33. The molecule has 0 spiro atoms. The van der Waals surface area contributed by atoms with Gasteiger partial charge in [0.25, 0.3) is 5.69 Å². The zero-order valence-electron chi connectivity index (χ0n) is 19.6. The van der Waals surface area contributed by atoms with Gasteiger partial charge in [0.2, 0.25) is 0 Å². The quantitative estimate of drug-likeness (QED) is 0.0606. The third kappa shape index (κ3) is 7.50. The van der Waals surface area contributed by atoms with E-state index in [-0.39, 0.29) is 14.3 Å². The first kappa shape index (κ1) is 27.1. The number of pyridine rings is 1. The Morgan fingerprint density at radius 2 is 1.83 bits per heavy atom. The van der Waals surface area contributed by atoms with Crippen LogP contribution in [0.15, 0.2) is 54.9 Å². The lowest BCUT2D eigenvalue weighted by Gasteiger charge is -2.13. The number of nitro benzene ring substituents is 1. The van der Waals surface area contributed by atoms with Crippen LogP contribution >= 0.6 is 44.1 Å². The fourth-order valence-electron chi connectivity index (χ4n) is 3.71. The molecule has 0 atom stereocenters. The van der Waals surface area contributed by atoms with Crippen LogP contribution in [-0.2, 0) is 13.5 Å². The van der Waals surface area contributed by atoms with Crippen molar-refractivity contribution in [3.8, 4) is 39.8 Å². The molecule has 0 N–H and O–H groups in total. The fraction of sp³-hybridized carbons (Fsp3) is 0.296. The molecule has 182 valence electrons. The van der Waals surface area contributed by atoms with Crippen molar-refractivity contribution in [1.82, 2.24) is 4.57 Å². The van der Waals surface area contributed by atoms with Gasteiger partial charge in [0.15, 0.2) is 0 Å². The average Bonchev–Trinajstić information content (AvgIpc) is 2.83. The van der Waals surface area contributed by atoms with Crippen molar-refractivity contribution in [2.45, 2.75) is 36.3 Å². The minimum atomic E-state index is -0.315. The molecule has 2 aromatic carbocycles. The molecule has 0 radical (unpaired) electrons. The molecule has 8 heteroatoms. The minimum absolute atomic E-state index is 0.132. The molecule has 3 rings (SSSR count). The van der Waals surface area contributed by atoms with Crippen LogP contribution in [0.1, 0.15) is 31.7 Å². The van der Waals surface area contributed by atoms with Gasteiger partial charge in [-0.15, -0.1) is 5.92 Å². The summed E-state index contributed by atoms with van der Waals surface area (Å²) in [6, 6.07) is 13.2. The molecule has 0 aliphatic carbocycles. The maximum Gasteiger partial charge on any atom is 0.273 e. The number of nitro groups is 1. The molecular formula is C27H26Br2N2O3S. The number of nitrogens with zero attached hydrogens (tertiary/aromatic N) is 2. The standard InChI is InChI=1S/C27H26Br2N2O3S/c1-3-8-19-12-13-21(16-25(19)31(32)33)24-18-30(2)17-23(27(24)35)20-9-7-10-22(15-20)34-14-6-4-5-11-26(28)29/h7,9-10,12-13,15-18,26H,3,6,8,11,14H2,1-2H3. The average molecular weight is 618 g/mol. The van der Waals surface area contributed by atoms with Crippen molar-refractivity contribution in [1.29, 1.82) is 0 Å². The predicted molar refractivity (Wildman–Crippen MR) is 152 cm³/mol. The monoisotopic (exact) mass is 616 g/mol. The third-order valence-electron chi connectivity index (χ3n) is 5.29. The number of aryl methyl sites for hydroxylation is 2. The molecule has 0 amide bonds. The zero-order chi connectivity index (χ0) is 25.4. The van der Waals surface area contributed by atoms with Crippen molar-refractivity contribution in [2.75, 3.05) is 6.61 Å². The van der Waals surface area contributed by atoms with E-state index in [2.05, 4.69) is 43.7 Å². The maximum atomic E-state index is 11.7. The van der Waals surface area contributed by atoms with Crippen LogP contribution < -0.4 is 4.74 Å². The summed E-state index contributed by atoms with van der Waals surface area (Å²) in [4.78, 5) is 11.4. The Morgan fingerprint density at radius 3 is 2.49 bits per heavy atom. The molecule has 0 saturated carbocycles. The van der Waals surface area contributed by atoms with E-state index < -0.39 is 0 Å². The highest BCUT2D eigenvalue weighted by molar-refractivity contribution is 9.24. The summed E-state index contributed by atoms with van der Waals surface area (Å²) in [6.07, 6.45) is 6.75. The zero-order valence-corrected chi connectivity index (χ0v) is 23.6. The SMILES string of the molecule is CCCc1ccc(-c2cn(C)cc(-c3cccc(OCCC#CCC(Br)Br)c3)c2=S)cc1[N+](=O)[O-]. The van der Waals surface area contributed by atoms with Gasteiger partial charge in [0.1, 0.15) is 5.75 Å². The Morgan fingerprint density at radius 1 is 1.11 bits per heavy atom. The summed E-state index contributed by atoms with van der Waals surface area (Å²) in [6.45, 7) is 2.51. The van der Waals surface area contributed by atoms with Crippen LogP contribution in [0, 0.1) is 26.5 Å². The Balaban J connectivity index is 1.90. The number of hydrogen-bond donors (Lipinski definition) is 0. The molecule has 3 aromatic rings. The third-order valence-corrected chi connectivity index (χ3v) is 6.38. The summed E-state index contributed by atoms with van der Waals surface area (Å²) in [5.74, 6) is 6.92. The van der Waals surface area contributed by atoms with Gasteiger partial charge in [-0.3, -0.25) is 10.1 Å². The Bertz CT molecular complexity index is 1330. The van der Waals surface area contributed by atoms with Gasteiger partial charge in [0.05, 0.1) is 19.8 Å². The van der Waals surface area contributed by atoms with Crippen molar-refractivity contribution in [2.24, 2.45) is 7.05 Å². The second kappa shape index (κ2) is 13.0. The van der Waals surface area contributed by atoms with Gasteiger partial charge in [0, 0.05) is 55.0 Å². The van der Waals surface area contributed by atoms with E-state index in [9.17, 15) is 10.1 Å². The number of hydrogen-bond acceptors (Lipinski definition) is 4. The Hall–Kier alpha value is -2.47. The van der Waals surface area contributed by atoms with E-state index in [1.165, 1.54) is 0 Å². The first-order valence-electron chi connectivity index (χ1n) is 11.2. The molecule has 0 bridgehead atoms. The molecule has 35 heavy (non-hydrogen) atoms. The van der Waals surface area contributed by atoms with Crippen molar-refractivity contribution < 1.29 is 9.66 Å². The molecule has 0 unspecified atom stereocenters. The van der Waals surface area contributed by atoms with E-state index in [0.29, 0.717) is 24.0 Å². The first-order valence-corrected chi connectivity index (χ1v) is 13.5.